The molecule has 0 aliphatic carbocycles. The fourth-order valence-corrected chi connectivity index (χ4v) is 3.04. The first-order valence-corrected chi connectivity index (χ1v) is 8.78. The maximum atomic E-state index is 12.3. The van der Waals surface area contributed by atoms with Gasteiger partial charge in [0, 0.05) is 6.21 Å². The molecule has 26 heavy (non-hydrogen) atoms. The highest BCUT2D eigenvalue weighted by molar-refractivity contribution is 7.20. The van der Waals surface area contributed by atoms with Gasteiger partial charge in [-0.2, -0.15) is 0 Å². The van der Waals surface area contributed by atoms with Gasteiger partial charge in [-0.25, -0.2) is 14.6 Å². The number of nitrogens with two attached hydrogens (primary N) is 1. The van der Waals surface area contributed by atoms with Crippen LogP contribution < -0.4 is 10.5 Å². The van der Waals surface area contributed by atoms with Crippen LogP contribution in [-0.4, -0.2) is 38.5 Å². The molecule has 2 aromatic rings. The molecule has 8 heteroatoms. The normalized spacial score (nSPS) is 10.7. The molecule has 0 radical (unpaired) electrons. The Hall–Kier alpha value is -2.87. The lowest BCUT2D eigenvalue weighted by molar-refractivity contribution is 0.0481. The zero-order valence-corrected chi connectivity index (χ0v) is 15.6. The number of aliphatic imine (C=N–C) groups is 1. The molecule has 0 spiro atoms. The molecule has 2 N–H and O–H groups in total. The number of nitrogens with zero attached hydrogens (tertiary/aromatic N) is 1. The van der Waals surface area contributed by atoms with Crippen molar-refractivity contribution in [3.05, 3.63) is 41.0 Å². The highest BCUT2D eigenvalue weighted by Gasteiger charge is 2.29. The Kier molecular flexibility index (Phi) is 6.74. The van der Waals surface area contributed by atoms with Gasteiger partial charge >= 0.3 is 11.9 Å². The van der Waals surface area contributed by atoms with Crippen molar-refractivity contribution in [2.45, 2.75) is 13.8 Å². The predicted octanol–water partition coefficient (Wildman–Crippen LogP) is 3.44. The summed E-state index contributed by atoms with van der Waals surface area (Å²) in [5, 5.41) is 0.452. The standard InChI is InChI=1S/C18H20N2O5S/c1-4-24-17(21)13-14(18(22)25-5-2)16(26-15(13)19)20-10-11-6-8-12(23-3)9-7-11/h6-10H,4-5,19H2,1-3H3/b20-10+. The van der Waals surface area contributed by atoms with Crippen molar-refractivity contribution < 1.29 is 23.8 Å². The molecule has 0 bridgehead atoms. The van der Waals surface area contributed by atoms with Gasteiger partial charge < -0.3 is 19.9 Å². The molecule has 1 heterocycles. The number of nitrogen functional groups attached to an aromatic ring is 1. The molecular weight excluding hydrogens is 356 g/mol. The molecule has 138 valence electrons. The topological polar surface area (TPSA) is 100 Å². The van der Waals surface area contributed by atoms with Crippen molar-refractivity contribution in [2.24, 2.45) is 4.99 Å². The largest absolute Gasteiger partial charge is 0.497 e. The van der Waals surface area contributed by atoms with E-state index in [1.54, 1.807) is 39.3 Å². The Morgan fingerprint density at radius 3 is 2.19 bits per heavy atom. The van der Waals surface area contributed by atoms with Crippen molar-refractivity contribution in [3.8, 4) is 5.75 Å². The van der Waals surface area contributed by atoms with Gasteiger partial charge in [0.2, 0.25) is 0 Å². The molecule has 0 saturated carbocycles. The first-order valence-electron chi connectivity index (χ1n) is 7.96. The summed E-state index contributed by atoms with van der Waals surface area (Å²) in [7, 11) is 1.58. The van der Waals surface area contributed by atoms with Crippen LogP contribution in [-0.2, 0) is 9.47 Å². The number of carbonyl (C=O) groups is 2. The second-order valence-electron chi connectivity index (χ2n) is 4.99. The van der Waals surface area contributed by atoms with Gasteiger partial charge in [0.05, 0.1) is 20.3 Å². The fourth-order valence-electron chi connectivity index (χ4n) is 2.15. The van der Waals surface area contributed by atoms with Crippen LogP contribution in [0, 0.1) is 0 Å². The van der Waals surface area contributed by atoms with Gasteiger partial charge in [-0.3, -0.25) is 0 Å². The van der Waals surface area contributed by atoms with Crippen LogP contribution in [0.1, 0.15) is 40.1 Å². The van der Waals surface area contributed by atoms with Crippen LogP contribution >= 0.6 is 11.3 Å². The van der Waals surface area contributed by atoms with Crippen LogP contribution in [0.25, 0.3) is 0 Å². The highest BCUT2D eigenvalue weighted by atomic mass is 32.1. The minimum Gasteiger partial charge on any atom is -0.497 e. The number of carbonyl (C=O) groups excluding carboxylic acids is 2. The molecule has 0 saturated heterocycles. The van der Waals surface area contributed by atoms with Crippen molar-refractivity contribution >= 4 is 39.5 Å². The lowest BCUT2D eigenvalue weighted by Crippen LogP contribution is -2.13. The lowest BCUT2D eigenvalue weighted by atomic mass is 10.1. The number of thiophene rings is 1. The Balaban J connectivity index is 2.42. The quantitative estimate of drug-likeness (QED) is 0.587. The first-order chi connectivity index (χ1) is 12.5. The van der Waals surface area contributed by atoms with E-state index >= 15 is 0 Å². The number of hydrogen-bond acceptors (Lipinski definition) is 8. The first kappa shape index (κ1) is 19.5. The minimum absolute atomic E-state index is 0.00261. The molecule has 0 unspecified atom stereocenters. The van der Waals surface area contributed by atoms with Crippen molar-refractivity contribution in [1.29, 1.82) is 0 Å². The summed E-state index contributed by atoms with van der Waals surface area (Å²) in [5.74, 6) is -0.611. The zero-order chi connectivity index (χ0) is 19.1. The summed E-state index contributed by atoms with van der Waals surface area (Å²) < 4.78 is 15.1. The predicted molar refractivity (Wildman–Crippen MR) is 101 cm³/mol. The van der Waals surface area contributed by atoms with Gasteiger partial charge in [-0.15, -0.1) is 0 Å². The van der Waals surface area contributed by atoms with E-state index in [4.69, 9.17) is 19.9 Å². The van der Waals surface area contributed by atoms with Gasteiger partial charge in [-0.1, -0.05) is 11.3 Å². The SMILES string of the molecule is CCOC(=O)c1c(N)sc(/N=C/c2ccc(OC)cc2)c1C(=O)OCC. The summed E-state index contributed by atoms with van der Waals surface area (Å²) in [6.45, 7) is 3.69. The summed E-state index contributed by atoms with van der Waals surface area (Å²) in [5.41, 5.74) is 6.75. The van der Waals surface area contributed by atoms with Crippen LogP contribution in [0.15, 0.2) is 29.3 Å². The Bertz CT molecular complexity index is 812. The van der Waals surface area contributed by atoms with E-state index in [0.717, 1.165) is 22.6 Å². The summed E-state index contributed by atoms with van der Waals surface area (Å²) in [4.78, 5) is 28.8. The van der Waals surface area contributed by atoms with Gasteiger partial charge in [0.1, 0.15) is 26.9 Å². The Labute approximate surface area is 155 Å². The van der Waals surface area contributed by atoms with Crippen LogP contribution in [0.4, 0.5) is 10.0 Å². The number of hydrogen-bond donors (Lipinski definition) is 1. The van der Waals surface area contributed by atoms with Crippen molar-refractivity contribution in [1.82, 2.24) is 0 Å². The average molecular weight is 376 g/mol. The third-order valence-corrected chi connectivity index (χ3v) is 4.25. The number of anilines is 1. The number of methoxy groups -OCH3 is 1. The molecule has 0 atom stereocenters. The van der Waals surface area contributed by atoms with Gasteiger partial charge in [0.25, 0.3) is 0 Å². The fraction of sp³-hybridized carbons (Fsp3) is 0.278. The average Bonchev–Trinajstić information content (AvgIpc) is 2.97. The molecule has 0 amide bonds. The minimum atomic E-state index is -0.671. The summed E-state index contributed by atoms with van der Waals surface area (Å²) >= 11 is 1.03. The molecule has 0 aliphatic rings. The van der Waals surface area contributed by atoms with Crippen LogP contribution in [0.2, 0.25) is 0 Å². The molecule has 0 aliphatic heterocycles. The monoisotopic (exact) mass is 376 g/mol. The van der Waals surface area contributed by atoms with Crippen LogP contribution in [0.5, 0.6) is 5.75 Å². The van der Waals surface area contributed by atoms with E-state index in [1.165, 1.54) is 0 Å². The van der Waals surface area contributed by atoms with Crippen LogP contribution in [0.3, 0.4) is 0 Å². The number of benzene rings is 1. The Morgan fingerprint density at radius 2 is 1.65 bits per heavy atom. The molecule has 1 aromatic carbocycles. The lowest BCUT2D eigenvalue weighted by Gasteiger charge is -2.05. The van der Waals surface area contributed by atoms with Crippen molar-refractivity contribution in [3.63, 3.8) is 0 Å². The van der Waals surface area contributed by atoms with E-state index < -0.39 is 11.9 Å². The third kappa shape index (κ3) is 4.40. The number of ether oxygens (including phenoxy) is 3. The number of esters is 2. The summed E-state index contributed by atoms with van der Waals surface area (Å²) in [6, 6.07) is 7.21. The van der Waals surface area contributed by atoms with E-state index in [0.29, 0.717) is 5.00 Å². The second-order valence-corrected chi connectivity index (χ2v) is 6.02. The van der Waals surface area contributed by atoms with Gasteiger partial charge in [-0.05, 0) is 43.7 Å². The Morgan fingerprint density at radius 1 is 1.08 bits per heavy atom. The smallest absolute Gasteiger partial charge is 0.342 e. The van der Waals surface area contributed by atoms with E-state index in [9.17, 15) is 9.59 Å². The van der Waals surface area contributed by atoms with E-state index in [1.807, 2.05) is 12.1 Å². The summed E-state index contributed by atoms with van der Waals surface area (Å²) in [6.07, 6.45) is 1.57. The molecule has 7 nitrogen and oxygen atoms in total. The molecule has 0 fully saturated rings. The maximum absolute atomic E-state index is 12.3. The van der Waals surface area contributed by atoms with E-state index in [-0.39, 0.29) is 29.3 Å². The number of rotatable bonds is 7. The molecular formula is C18H20N2O5S. The maximum Gasteiger partial charge on any atom is 0.342 e. The molecule has 1 aromatic heterocycles. The second kappa shape index (κ2) is 9.00. The van der Waals surface area contributed by atoms with Gasteiger partial charge in [0.15, 0.2) is 0 Å². The highest BCUT2D eigenvalue weighted by Crippen LogP contribution is 2.38. The molecule has 2 rings (SSSR count). The van der Waals surface area contributed by atoms with Crippen molar-refractivity contribution in [2.75, 3.05) is 26.1 Å². The van der Waals surface area contributed by atoms with E-state index in [2.05, 4.69) is 4.99 Å². The third-order valence-electron chi connectivity index (χ3n) is 3.32. The zero-order valence-electron chi connectivity index (χ0n) is 14.8.